The van der Waals surface area contributed by atoms with Gasteiger partial charge in [0.1, 0.15) is 0 Å². The predicted molar refractivity (Wildman–Crippen MR) is 69.8 cm³/mol. The molecule has 1 fully saturated rings. The smallest absolute Gasteiger partial charge is 0.307 e. The van der Waals surface area contributed by atoms with E-state index in [0.29, 0.717) is 25.0 Å². The first-order valence-corrected chi connectivity index (χ1v) is 6.96. The van der Waals surface area contributed by atoms with Crippen LogP contribution >= 0.6 is 0 Å². The molecule has 0 aliphatic heterocycles. The summed E-state index contributed by atoms with van der Waals surface area (Å²) >= 11 is 0. The zero-order chi connectivity index (χ0) is 12.8. The SMILES string of the molecule is CCOC(=O)CC(C)NC1CCCC(C)C1C. The number of carbonyl (C=O) groups excluding carboxylic acids is 1. The van der Waals surface area contributed by atoms with Crippen molar-refractivity contribution in [1.29, 1.82) is 0 Å². The first-order valence-electron chi connectivity index (χ1n) is 6.96. The first kappa shape index (κ1) is 14.5. The summed E-state index contributed by atoms with van der Waals surface area (Å²) in [6, 6.07) is 0.773. The first-order chi connectivity index (χ1) is 8.04. The molecule has 0 saturated heterocycles. The van der Waals surface area contributed by atoms with Crippen LogP contribution in [0.15, 0.2) is 0 Å². The van der Waals surface area contributed by atoms with Gasteiger partial charge in [-0.25, -0.2) is 0 Å². The van der Waals surface area contributed by atoms with E-state index in [1.54, 1.807) is 0 Å². The van der Waals surface area contributed by atoms with Crippen LogP contribution in [0.2, 0.25) is 0 Å². The van der Waals surface area contributed by atoms with E-state index >= 15 is 0 Å². The summed E-state index contributed by atoms with van der Waals surface area (Å²) in [6.45, 7) is 9.04. The highest BCUT2D eigenvalue weighted by Gasteiger charge is 2.28. The highest BCUT2D eigenvalue weighted by Crippen LogP contribution is 2.29. The lowest BCUT2D eigenvalue weighted by Crippen LogP contribution is -2.45. The number of hydrogen-bond donors (Lipinski definition) is 1. The van der Waals surface area contributed by atoms with E-state index in [1.165, 1.54) is 19.3 Å². The van der Waals surface area contributed by atoms with Gasteiger partial charge in [0.15, 0.2) is 0 Å². The number of carbonyl (C=O) groups is 1. The molecule has 3 heteroatoms. The molecule has 0 aromatic carbocycles. The maximum absolute atomic E-state index is 11.4. The van der Waals surface area contributed by atoms with E-state index in [1.807, 2.05) is 6.92 Å². The summed E-state index contributed by atoms with van der Waals surface area (Å²) in [5.74, 6) is 1.40. The molecule has 1 aliphatic rings. The van der Waals surface area contributed by atoms with Crippen LogP contribution in [-0.2, 0) is 9.53 Å². The second kappa shape index (κ2) is 7.00. The van der Waals surface area contributed by atoms with E-state index < -0.39 is 0 Å². The van der Waals surface area contributed by atoms with E-state index in [0.717, 1.165) is 5.92 Å². The number of rotatable bonds is 5. The minimum absolute atomic E-state index is 0.0935. The van der Waals surface area contributed by atoms with Crippen molar-refractivity contribution in [3.8, 4) is 0 Å². The van der Waals surface area contributed by atoms with Crippen LogP contribution in [0.1, 0.15) is 53.4 Å². The van der Waals surface area contributed by atoms with Crippen LogP contribution in [0.5, 0.6) is 0 Å². The maximum Gasteiger partial charge on any atom is 0.307 e. The molecule has 17 heavy (non-hydrogen) atoms. The Hall–Kier alpha value is -0.570. The predicted octanol–water partition coefficient (Wildman–Crippen LogP) is 2.74. The van der Waals surface area contributed by atoms with Crippen LogP contribution in [0, 0.1) is 11.8 Å². The zero-order valence-electron chi connectivity index (χ0n) is 11.7. The summed E-state index contributed by atoms with van der Waals surface area (Å²) < 4.78 is 4.97. The molecule has 0 aromatic heterocycles. The molecule has 0 radical (unpaired) electrons. The highest BCUT2D eigenvalue weighted by atomic mass is 16.5. The van der Waals surface area contributed by atoms with E-state index in [2.05, 4.69) is 26.1 Å². The molecule has 0 heterocycles. The molecule has 0 amide bonds. The molecule has 0 aromatic rings. The van der Waals surface area contributed by atoms with Gasteiger partial charge in [-0.3, -0.25) is 4.79 Å². The molecule has 4 atom stereocenters. The Balaban J connectivity index is 2.34. The third-order valence-electron chi connectivity index (χ3n) is 3.98. The lowest BCUT2D eigenvalue weighted by Gasteiger charge is -2.36. The van der Waals surface area contributed by atoms with Crippen molar-refractivity contribution in [2.45, 2.75) is 65.5 Å². The normalized spacial score (nSPS) is 30.9. The van der Waals surface area contributed by atoms with Crippen molar-refractivity contribution in [2.75, 3.05) is 6.61 Å². The average Bonchev–Trinajstić information content (AvgIpc) is 2.25. The van der Waals surface area contributed by atoms with Gasteiger partial charge >= 0.3 is 5.97 Å². The summed E-state index contributed by atoms with van der Waals surface area (Å²) in [4.78, 5) is 11.4. The van der Waals surface area contributed by atoms with Crippen molar-refractivity contribution in [3.05, 3.63) is 0 Å². The number of ether oxygens (including phenoxy) is 1. The molecule has 100 valence electrons. The van der Waals surface area contributed by atoms with Crippen molar-refractivity contribution in [1.82, 2.24) is 5.32 Å². The Morgan fingerprint density at radius 2 is 2.12 bits per heavy atom. The van der Waals surface area contributed by atoms with Crippen LogP contribution < -0.4 is 5.32 Å². The van der Waals surface area contributed by atoms with E-state index in [9.17, 15) is 4.79 Å². The van der Waals surface area contributed by atoms with Crippen LogP contribution in [0.25, 0.3) is 0 Å². The fraction of sp³-hybridized carbons (Fsp3) is 0.929. The van der Waals surface area contributed by atoms with Gasteiger partial charge < -0.3 is 10.1 Å². The number of esters is 1. The molecule has 0 bridgehead atoms. The number of nitrogens with one attached hydrogen (secondary N) is 1. The minimum Gasteiger partial charge on any atom is -0.466 e. The largest absolute Gasteiger partial charge is 0.466 e. The summed E-state index contributed by atoms with van der Waals surface area (Å²) in [5, 5.41) is 3.59. The molecule has 4 unspecified atom stereocenters. The Morgan fingerprint density at radius 1 is 1.41 bits per heavy atom. The topological polar surface area (TPSA) is 38.3 Å². The van der Waals surface area contributed by atoms with Gasteiger partial charge in [-0.1, -0.05) is 26.7 Å². The van der Waals surface area contributed by atoms with Gasteiger partial charge in [0.05, 0.1) is 13.0 Å². The highest BCUT2D eigenvalue weighted by molar-refractivity contribution is 5.70. The lowest BCUT2D eigenvalue weighted by molar-refractivity contribution is -0.143. The van der Waals surface area contributed by atoms with Crippen molar-refractivity contribution >= 4 is 5.97 Å². The molecule has 1 N–H and O–H groups in total. The second-order valence-corrected chi connectivity index (χ2v) is 5.45. The van der Waals surface area contributed by atoms with E-state index in [-0.39, 0.29) is 12.0 Å². The van der Waals surface area contributed by atoms with Crippen LogP contribution in [0.4, 0.5) is 0 Å². The van der Waals surface area contributed by atoms with Crippen molar-refractivity contribution < 1.29 is 9.53 Å². The van der Waals surface area contributed by atoms with Gasteiger partial charge in [-0.15, -0.1) is 0 Å². The zero-order valence-corrected chi connectivity index (χ0v) is 11.7. The maximum atomic E-state index is 11.4. The van der Waals surface area contributed by atoms with Crippen molar-refractivity contribution in [3.63, 3.8) is 0 Å². The Labute approximate surface area is 105 Å². The summed E-state index contributed by atoms with van der Waals surface area (Å²) in [6.07, 6.45) is 4.35. The van der Waals surface area contributed by atoms with Crippen molar-refractivity contribution in [2.24, 2.45) is 11.8 Å². The minimum atomic E-state index is -0.0935. The fourth-order valence-electron chi connectivity index (χ4n) is 2.71. The molecule has 1 rings (SSSR count). The third-order valence-corrected chi connectivity index (χ3v) is 3.98. The molecule has 1 saturated carbocycles. The van der Waals surface area contributed by atoms with Gasteiger partial charge in [-0.2, -0.15) is 0 Å². The standard InChI is InChI=1S/C14H27NO2/c1-5-17-14(16)9-11(3)15-13-8-6-7-10(2)12(13)4/h10-13,15H,5-9H2,1-4H3. The molecular formula is C14H27NO2. The lowest BCUT2D eigenvalue weighted by atomic mass is 9.78. The molecular weight excluding hydrogens is 214 g/mol. The van der Waals surface area contributed by atoms with Crippen LogP contribution in [-0.4, -0.2) is 24.7 Å². The average molecular weight is 241 g/mol. The third kappa shape index (κ3) is 4.66. The molecule has 3 nitrogen and oxygen atoms in total. The fourth-order valence-corrected chi connectivity index (χ4v) is 2.71. The molecule has 0 spiro atoms. The van der Waals surface area contributed by atoms with Gasteiger partial charge in [0, 0.05) is 12.1 Å². The summed E-state index contributed by atoms with van der Waals surface area (Å²) in [5.41, 5.74) is 0. The second-order valence-electron chi connectivity index (χ2n) is 5.45. The Bertz CT molecular complexity index is 242. The Kier molecular flexibility index (Phi) is 5.96. The number of hydrogen-bond acceptors (Lipinski definition) is 3. The van der Waals surface area contributed by atoms with Crippen LogP contribution in [0.3, 0.4) is 0 Å². The quantitative estimate of drug-likeness (QED) is 0.752. The van der Waals surface area contributed by atoms with Gasteiger partial charge in [0.25, 0.3) is 0 Å². The van der Waals surface area contributed by atoms with Gasteiger partial charge in [-0.05, 0) is 32.1 Å². The molecule has 1 aliphatic carbocycles. The summed E-state index contributed by atoms with van der Waals surface area (Å²) in [7, 11) is 0. The van der Waals surface area contributed by atoms with Gasteiger partial charge in [0.2, 0.25) is 0 Å². The Morgan fingerprint density at radius 3 is 2.76 bits per heavy atom. The monoisotopic (exact) mass is 241 g/mol. The van der Waals surface area contributed by atoms with E-state index in [4.69, 9.17) is 4.74 Å².